The van der Waals surface area contributed by atoms with E-state index in [1.807, 2.05) is 20.0 Å². The number of fused-ring (bicyclic) bond motifs is 1. The zero-order valence-corrected chi connectivity index (χ0v) is 15.5. The van der Waals surface area contributed by atoms with Gasteiger partial charge in [-0.1, -0.05) is 23.2 Å². The third kappa shape index (κ3) is 2.98. The minimum Gasteiger partial charge on any atom is -0.340 e. The Kier molecular flexibility index (Phi) is 4.13. The standard InChI is InChI=1S/C16H17Cl2N7/c1-10-11(17)9-12(18)15-19-13(21-25(10)15)5-6-14-20-16(22-23(14)2)24-7-3-4-8-24/h5-6,9H,3-4,7-8H2,1-2H3/b6-5+. The summed E-state index contributed by atoms with van der Waals surface area (Å²) in [7, 11) is 1.88. The second kappa shape index (κ2) is 6.31. The monoisotopic (exact) mass is 377 g/mol. The zero-order valence-electron chi connectivity index (χ0n) is 13.9. The molecule has 0 radical (unpaired) electrons. The Bertz CT molecular complexity index is 967. The van der Waals surface area contributed by atoms with Crippen molar-refractivity contribution < 1.29 is 0 Å². The number of hydrogen-bond donors (Lipinski definition) is 0. The first-order valence-electron chi connectivity index (χ1n) is 8.08. The Morgan fingerprint density at radius 2 is 1.80 bits per heavy atom. The van der Waals surface area contributed by atoms with Crippen LogP contribution >= 0.6 is 23.2 Å². The number of aromatic nitrogens is 6. The zero-order chi connectivity index (χ0) is 17.6. The van der Waals surface area contributed by atoms with E-state index in [4.69, 9.17) is 23.2 Å². The van der Waals surface area contributed by atoms with Crippen molar-refractivity contribution in [2.45, 2.75) is 19.8 Å². The van der Waals surface area contributed by atoms with Gasteiger partial charge in [-0.05, 0) is 38.0 Å². The van der Waals surface area contributed by atoms with Gasteiger partial charge >= 0.3 is 0 Å². The van der Waals surface area contributed by atoms with E-state index in [2.05, 4.69) is 25.1 Å². The Morgan fingerprint density at radius 1 is 1.04 bits per heavy atom. The Hall–Kier alpha value is -2.12. The fourth-order valence-electron chi connectivity index (χ4n) is 2.90. The molecule has 0 N–H and O–H groups in total. The largest absolute Gasteiger partial charge is 0.340 e. The number of hydrogen-bond acceptors (Lipinski definition) is 5. The number of halogens is 2. The second-order valence-corrected chi connectivity index (χ2v) is 6.87. The highest BCUT2D eigenvalue weighted by Gasteiger charge is 2.17. The van der Waals surface area contributed by atoms with Crippen LogP contribution in [0.1, 0.15) is 30.2 Å². The van der Waals surface area contributed by atoms with Crippen LogP contribution in [-0.4, -0.2) is 42.5 Å². The fourth-order valence-corrected chi connectivity index (χ4v) is 3.37. The van der Waals surface area contributed by atoms with E-state index in [0.717, 1.165) is 30.6 Å². The van der Waals surface area contributed by atoms with Gasteiger partial charge in [-0.25, -0.2) is 14.2 Å². The van der Waals surface area contributed by atoms with Crippen LogP contribution in [0.25, 0.3) is 17.8 Å². The van der Waals surface area contributed by atoms with Crippen molar-refractivity contribution in [2.75, 3.05) is 18.0 Å². The molecule has 4 heterocycles. The molecule has 0 amide bonds. The highest BCUT2D eigenvalue weighted by atomic mass is 35.5. The van der Waals surface area contributed by atoms with Gasteiger partial charge in [-0.3, -0.25) is 0 Å². The molecule has 130 valence electrons. The molecule has 3 aromatic heterocycles. The molecule has 0 bridgehead atoms. The number of anilines is 1. The summed E-state index contributed by atoms with van der Waals surface area (Å²) in [5.41, 5.74) is 1.38. The summed E-state index contributed by atoms with van der Waals surface area (Å²) in [6, 6.07) is 1.68. The summed E-state index contributed by atoms with van der Waals surface area (Å²) in [5.74, 6) is 2.06. The summed E-state index contributed by atoms with van der Waals surface area (Å²) in [6.45, 7) is 3.90. The van der Waals surface area contributed by atoms with Crippen LogP contribution in [0.5, 0.6) is 0 Å². The summed E-state index contributed by atoms with van der Waals surface area (Å²) < 4.78 is 3.41. The second-order valence-electron chi connectivity index (χ2n) is 6.05. The summed E-state index contributed by atoms with van der Waals surface area (Å²) in [4.78, 5) is 11.2. The van der Waals surface area contributed by atoms with Crippen LogP contribution in [0.4, 0.5) is 5.95 Å². The van der Waals surface area contributed by atoms with Crippen LogP contribution in [0, 0.1) is 6.92 Å². The maximum atomic E-state index is 6.20. The van der Waals surface area contributed by atoms with Gasteiger partial charge in [0.1, 0.15) is 0 Å². The van der Waals surface area contributed by atoms with Crippen LogP contribution in [0.2, 0.25) is 10.0 Å². The SMILES string of the molecule is Cc1c(Cl)cc(Cl)c2nc(/C=C/c3nc(N4CCCC4)nn3C)nn12. The minimum absolute atomic E-state index is 0.470. The van der Waals surface area contributed by atoms with Crippen LogP contribution < -0.4 is 4.90 Å². The van der Waals surface area contributed by atoms with Gasteiger partial charge in [-0.15, -0.1) is 10.2 Å². The number of aryl methyl sites for hydroxylation is 2. The normalized spacial score (nSPS) is 15.1. The van der Waals surface area contributed by atoms with Crippen LogP contribution in [0.15, 0.2) is 6.07 Å². The molecule has 0 unspecified atom stereocenters. The summed E-state index contributed by atoms with van der Waals surface area (Å²) in [5, 5.41) is 9.96. The van der Waals surface area contributed by atoms with Gasteiger partial charge < -0.3 is 4.90 Å². The molecule has 3 aromatic rings. The summed E-state index contributed by atoms with van der Waals surface area (Å²) >= 11 is 12.3. The molecule has 0 aliphatic carbocycles. The number of nitrogens with zero attached hydrogens (tertiary/aromatic N) is 7. The van der Waals surface area contributed by atoms with Crippen molar-refractivity contribution in [1.82, 2.24) is 29.4 Å². The van der Waals surface area contributed by atoms with Gasteiger partial charge in [0.15, 0.2) is 17.3 Å². The van der Waals surface area contributed by atoms with Crippen molar-refractivity contribution in [3.8, 4) is 0 Å². The maximum Gasteiger partial charge on any atom is 0.245 e. The molecule has 9 heteroatoms. The molecule has 1 aliphatic rings. The number of rotatable bonds is 3. The Morgan fingerprint density at radius 3 is 2.56 bits per heavy atom. The van der Waals surface area contributed by atoms with Gasteiger partial charge in [0.05, 0.1) is 15.7 Å². The van der Waals surface area contributed by atoms with E-state index in [9.17, 15) is 0 Å². The van der Waals surface area contributed by atoms with Crippen molar-refractivity contribution in [1.29, 1.82) is 0 Å². The number of pyridine rings is 1. The van der Waals surface area contributed by atoms with E-state index in [0.29, 0.717) is 21.5 Å². The van der Waals surface area contributed by atoms with Gasteiger partial charge in [0.2, 0.25) is 5.95 Å². The van der Waals surface area contributed by atoms with Gasteiger partial charge in [0.25, 0.3) is 0 Å². The molecule has 7 nitrogen and oxygen atoms in total. The lowest BCUT2D eigenvalue weighted by molar-refractivity contribution is 0.747. The molecule has 0 aromatic carbocycles. The summed E-state index contributed by atoms with van der Waals surface area (Å²) in [6.07, 6.45) is 6.04. The predicted octanol–water partition coefficient (Wildman–Crippen LogP) is 3.24. The quantitative estimate of drug-likeness (QED) is 0.700. The lowest BCUT2D eigenvalue weighted by Crippen LogP contribution is -2.19. The average molecular weight is 378 g/mol. The third-order valence-electron chi connectivity index (χ3n) is 4.31. The molecule has 1 saturated heterocycles. The first-order valence-corrected chi connectivity index (χ1v) is 8.84. The van der Waals surface area contributed by atoms with E-state index in [1.54, 1.807) is 21.3 Å². The van der Waals surface area contributed by atoms with E-state index in [-0.39, 0.29) is 0 Å². The van der Waals surface area contributed by atoms with E-state index >= 15 is 0 Å². The van der Waals surface area contributed by atoms with Crippen molar-refractivity contribution in [3.05, 3.63) is 33.5 Å². The molecule has 4 rings (SSSR count). The predicted molar refractivity (Wildman–Crippen MR) is 99.1 cm³/mol. The lowest BCUT2D eigenvalue weighted by atomic mass is 10.4. The highest BCUT2D eigenvalue weighted by Crippen LogP contribution is 2.24. The van der Waals surface area contributed by atoms with Gasteiger partial charge in [0, 0.05) is 20.1 Å². The minimum atomic E-state index is 0.470. The molecule has 0 saturated carbocycles. The average Bonchev–Trinajstić information content (AvgIpc) is 3.30. The van der Waals surface area contributed by atoms with Gasteiger partial charge in [-0.2, -0.15) is 4.98 Å². The molecule has 25 heavy (non-hydrogen) atoms. The lowest BCUT2D eigenvalue weighted by Gasteiger charge is -2.10. The fraction of sp³-hybridized carbons (Fsp3) is 0.375. The molecule has 1 fully saturated rings. The third-order valence-corrected chi connectivity index (χ3v) is 4.97. The van der Waals surface area contributed by atoms with Crippen molar-refractivity contribution in [2.24, 2.45) is 7.05 Å². The Labute approximate surface area is 154 Å². The molecule has 1 aliphatic heterocycles. The van der Waals surface area contributed by atoms with Crippen LogP contribution in [-0.2, 0) is 7.05 Å². The topological polar surface area (TPSA) is 64.1 Å². The van der Waals surface area contributed by atoms with Crippen molar-refractivity contribution in [3.63, 3.8) is 0 Å². The van der Waals surface area contributed by atoms with Crippen LogP contribution in [0.3, 0.4) is 0 Å². The highest BCUT2D eigenvalue weighted by molar-refractivity contribution is 6.36. The Balaban J connectivity index is 1.65. The smallest absolute Gasteiger partial charge is 0.245 e. The maximum absolute atomic E-state index is 6.20. The molecule has 0 spiro atoms. The first-order chi connectivity index (χ1) is 12.0. The molecule has 0 atom stereocenters. The van der Waals surface area contributed by atoms with E-state index < -0.39 is 0 Å². The van der Waals surface area contributed by atoms with Crippen molar-refractivity contribution >= 4 is 46.9 Å². The molecular formula is C16H17Cl2N7. The molecular weight excluding hydrogens is 361 g/mol. The van der Waals surface area contributed by atoms with E-state index in [1.165, 1.54) is 12.8 Å². The first kappa shape index (κ1) is 16.4.